The van der Waals surface area contributed by atoms with E-state index in [0.29, 0.717) is 0 Å². The summed E-state index contributed by atoms with van der Waals surface area (Å²) in [6, 6.07) is 3.98. The summed E-state index contributed by atoms with van der Waals surface area (Å²) in [5.41, 5.74) is 5.35. The van der Waals surface area contributed by atoms with Crippen LogP contribution in [0.1, 0.15) is 6.92 Å². The van der Waals surface area contributed by atoms with Gasteiger partial charge in [0.25, 0.3) is 5.56 Å². The van der Waals surface area contributed by atoms with Crippen LogP contribution in [0.25, 0.3) is 10.9 Å². The van der Waals surface area contributed by atoms with Crippen LogP contribution in [0.5, 0.6) is 0 Å². The van der Waals surface area contributed by atoms with Crippen molar-refractivity contribution in [3.8, 4) is 0 Å². The van der Waals surface area contributed by atoms with Gasteiger partial charge in [0.15, 0.2) is 0 Å². The molecule has 6 heteroatoms. The molecule has 4 nitrogen and oxygen atoms in total. The molecule has 0 bridgehead atoms. The van der Waals surface area contributed by atoms with E-state index in [0.717, 1.165) is 0 Å². The van der Waals surface area contributed by atoms with E-state index in [-0.39, 0.29) is 28.8 Å². The normalized spacial score (nSPS) is 12.9. The number of benzene rings is 1. The van der Waals surface area contributed by atoms with Gasteiger partial charge in [-0.15, -0.1) is 0 Å². The molecular formula is C11H11ClFN3O. The molecule has 2 aromatic rings. The van der Waals surface area contributed by atoms with Crippen molar-refractivity contribution in [1.29, 1.82) is 0 Å². The number of hydrogen-bond donors (Lipinski definition) is 1. The van der Waals surface area contributed by atoms with Crippen molar-refractivity contribution >= 4 is 22.5 Å². The monoisotopic (exact) mass is 255 g/mol. The Bertz CT molecular complexity index is 624. The van der Waals surface area contributed by atoms with Gasteiger partial charge < -0.3 is 5.73 Å². The van der Waals surface area contributed by atoms with Gasteiger partial charge in [-0.05, 0) is 30.7 Å². The van der Waals surface area contributed by atoms with Gasteiger partial charge in [-0.3, -0.25) is 9.36 Å². The molecule has 1 heterocycles. The second-order valence-corrected chi connectivity index (χ2v) is 4.25. The lowest BCUT2D eigenvalue weighted by Crippen LogP contribution is -2.31. The Morgan fingerprint density at radius 3 is 2.94 bits per heavy atom. The third-order valence-electron chi connectivity index (χ3n) is 2.36. The maximum atomic E-state index is 13.6. The summed E-state index contributed by atoms with van der Waals surface area (Å²) >= 11 is 5.88. The number of fused-ring (bicyclic) bond motifs is 1. The molecule has 0 saturated carbocycles. The summed E-state index contributed by atoms with van der Waals surface area (Å²) in [5, 5.41) is -0.0389. The van der Waals surface area contributed by atoms with E-state index >= 15 is 0 Å². The molecule has 0 fully saturated rings. The van der Waals surface area contributed by atoms with Gasteiger partial charge >= 0.3 is 0 Å². The van der Waals surface area contributed by atoms with Crippen molar-refractivity contribution in [2.45, 2.75) is 19.5 Å². The quantitative estimate of drug-likeness (QED) is 0.828. The van der Waals surface area contributed by atoms with Crippen LogP contribution >= 0.6 is 11.6 Å². The van der Waals surface area contributed by atoms with Crippen LogP contribution in [-0.2, 0) is 6.54 Å². The zero-order chi connectivity index (χ0) is 12.6. The van der Waals surface area contributed by atoms with Crippen LogP contribution in [-0.4, -0.2) is 15.6 Å². The van der Waals surface area contributed by atoms with Gasteiger partial charge in [-0.25, -0.2) is 9.37 Å². The smallest absolute Gasteiger partial charge is 0.265 e. The lowest BCUT2D eigenvalue weighted by Gasteiger charge is -2.11. The number of nitrogens with two attached hydrogens (primary N) is 1. The van der Waals surface area contributed by atoms with Crippen LogP contribution in [0.15, 0.2) is 23.0 Å². The third-order valence-corrected chi connectivity index (χ3v) is 2.65. The molecule has 1 atom stereocenters. The van der Waals surface area contributed by atoms with Crippen molar-refractivity contribution < 1.29 is 4.39 Å². The Kier molecular flexibility index (Phi) is 3.13. The maximum Gasteiger partial charge on any atom is 0.265 e. The van der Waals surface area contributed by atoms with E-state index in [2.05, 4.69) is 4.98 Å². The van der Waals surface area contributed by atoms with E-state index in [4.69, 9.17) is 17.3 Å². The Balaban J connectivity index is 2.79. The highest BCUT2D eigenvalue weighted by Crippen LogP contribution is 2.14. The van der Waals surface area contributed by atoms with Crippen LogP contribution in [0, 0.1) is 5.82 Å². The molecular weight excluding hydrogens is 245 g/mol. The molecule has 0 amide bonds. The van der Waals surface area contributed by atoms with Crippen LogP contribution in [0.4, 0.5) is 4.39 Å². The minimum Gasteiger partial charge on any atom is -0.326 e. The number of nitrogens with zero attached hydrogens (tertiary/aromatic N) is 2. The SMILES string of the molecule is CC(N)Cn1c(Cl)nc2cccc(F)c2c1=O. The maximum absolute atomic E-state index is 13.6. The molecule has 17 heavy (non-hydrogen) atoms. The van der Waals surface area contributed by atoms with E-state index in [1.54, 1.807) is 13.0 Å². The minimum absolute atomic E-state index is 0.0189. The highest BCUT2D eigenvalue weighted by atomic mass is 35.5. The predicted octanol–water partition coefficient (Wildman–Crippen LogP) is 1.54. The average Bonchev–Trinajstić information content (AvgIpc) is 2.23. The van der Waals surface area contributed by atoms with Crippen LogP contribution in [0.3, 0.4) is 0 Å². The first kappa shape index (κ1) is 12.0. The van der Waals surface area contributed by atoms with Crippen molar-refractivity contribution in [2.75, 3.05) is 0 Å². The molecule has 1 unspecified atom stereocenters. The molecule has 0 spiro atoms. The molecule has 0 saturated heterocycles. The lowest BCUT2D eigenvalue weighted by atomic mass is 10.2. The van der Waals surface area contributed by atoms with E-state index in [1.165, 1.54) is 16.7 Å². The summed E-state index contributed by atoms with van der Waals surface area (Å²) in [7, 11) is 0. The van der Waals surface area contributed by atoms with Gasteiger partial charge in [0, 0.05) is 12.6 Å². The Labute approximate surface area is 102 Å². The average molecular weight is 256 g/mol. The summed E-state index contributed by atoms with van der Waals surface area (Å²) in [5.74, 6) is -0.602. The zero-order valence-corrected chi connectivity index (χ0v) is 9.91. The van der Waals surface area contributed by atoms with Gasteiger partial charge in [-0.1, -0.05) is 6.07 Å². The summed E-state index contributed by atoms with van der Waals surface area (Å²) in [4.78, 5) is 16.0. The fourth-order valence-electron chi connectivity index (χ4n) is 1.64. The molecule has 0 aliphatic heterocycles. The summed E-state index contributed by atoms with van der Waals surface area (Å²) < 4.78 is 14.7. The van der Waals surface area contributed by atoms with E-state index in [1.807, 2.05) is 0 Å². The van der Waals surface area contributed by atoms with Gasteiger partial charge in [0.2, 0.25) is 5.28 Å². The Morgan fingerprint density at radius 1 is 1.59 bits per heavy atom. The first-order valence-electron chi connectivity index (χ1n) is 5.11. The van der Waals surface area contributed by atoms with Crippen LogP contribution in [0.2, 0.25) is 5.28 Å². The van der Waals surface area contributed by atoms with Crippen molar-refractivity contribution in [2.24, 2.45) is 5.73 Å². The third kappa shape index (κ3) is 2.16. The second-order valence-electron chi connectivity index (χ2n) is 3.91. The van der Waals surface area contributed by atoms with Crippen molar-refractivity contribution in [3.63, 3.8) is 0 Å². The minimum atomic E-state index is -0.602. The number of aromatic nitrogens is 2. The lowest BCUT2D eigenvalue weighted by molar-refractivity contribution is 0.567. The predicted molar refractivity (Wildman–Crippen MR) is 64.6 cm³/mol. The van der Waals surface area contributed by atoms with Crippen LogP contribution < -0.4 is 11.3 Å². The molecule has 2 N–H and O–H groups in total. The second kappa shape index (κ2) is 4.43. The molecule has 2 rings (SSSR count). The standard InChI is InChI=1S/C11H11ClFN3O/c1-6(14)5-16-10(17)9-7(13)3-2-4-8(9)15-11(16)12/h2-4,6H,5,14H2,1H3. The fourth-order valence-corrected chi connectivity index (χ4v) is 1.88. The first-order chi connectivity index (χ1) is 8.00. The Morgan fingerprint density at radius 2 is 2.29 bits per heavy atom. The van der Waals surface area contributed by atoms with Gasteiger partial charge in [0.05, 0.1) is 5.52 Å². The number of rotatable bonds is 2. The highest BCUT2D eigenvalue weighted by Gasteiger charge is 2.13. The summed E-state index contributed by atoms with van der Waals surface area (Å²) in [6.07, 6.45) is 0. The van der Waals surface area contributed by atoms with Crippen molar-refractivity contribution in [3.05, 3.63) is 39.7 Å². The molecule has 1 aromatic carbocycles. The number of hydrogen-bond acceptors (Lipinski definition) is 3. The summed E-state index contributed by atoms with van der Waals surface area (Å²) in [6.45, 7) is 1.93. The first-order valence-corrected chi connectivity index (χ1v) is 5.48. The fraction of sp³-hybridized carbons (Fsp3) is 0.273. The zero-order valence-electron chi connectivity index (χ0n) is 9.15. The van der Waals surface area contributed by atoms with Gasteiger partial charge in [-0.2, -0.15) is 0 Å². The highest BCUT2D eigenvalue weighted by molar-refractivity contribution is 6.28. The molecule has 1 aromatic heterocycles. The van der Waals surface area contributed by atoms with Crippen molar-refractivity contribution in [1.82, 2.24) is 9.55 Å². The number of halogens is 2. The topological polar surface area (TPSA) is 60.9 Å². The molecule has 0 radical (unpaired) electrons. The van der Waals surface area contributed by atoms with E-state index in [9.17, 15) is 9.18 Å². The molecule has 0 aliphatic rings. The largest absolute Gasteiger partial charge is 0.326 e. The van der Waals surface area contributed by atoms with E-state index < -0.39 is 11.4 Å². The Hall–Kier alpha value is -1.46. The van der Waals surface area contributed by atoms with Gasteiger partial charge in [0.1, 0.15) is 11.2 Å². The molecule has 0 aliphatic carbocycles. The molecule has 90 valence electrons.